The summed E-state index contributed by atoms with van der Waals surface area (Å²) in [5, 5.41) is 0. The van der Waals surface area contributed by atoms with Gasteiger partial charge in [-0.25, -0.2) is 0 Å². The maximum atomic E-state index is 2.90. The molecule has 5 aliphatic carbocycles. The topological polar surface area (TPSA) is 0 Å². The van der Waals surface area contributed by atoms with Gasteiger partial charge in [0.05, 0.1) is 8.07 Å². The van der Waals surface area contributed by atoms with E-state index in [1.807, 2.05) is 0 Å². The summed E-state index contributed by atoms with van der Waals surface area (Å²) in [5.41, 5.74) is 3.86. The van der Waals surface area contributed by atoms with E-state index in [0.29, 0.717) is 0 Å². The third-order valence-corrected chi connectivity index (χ3v) is 18.1. The molecule has 5 aliphatic rings. The molecule has 0 aromatic heterocycles. The summed E-state index contributed by atoms with van der Waals surface area (Å²) in [5.74, 6) is 9.25. The molecule has 0 saturated heterocycles. The highest BCUT2D eigenvalue weighted by molar-refractivity contribution is 6.80. The van der Waals surface area contributed by atoms with Crippen molar-refractivity contribution in [1.29, 1.82) is 0 Å². The van der Waals surface area contributed by atoms with Gasteiger partial charge in [-0.05, 0) is 108 Å². The minimum atomic E-state index is -1.27. The Balaban J connectivity index is 1.24. The molecule has 5 fully saturated rings. The van der Waals surface area contributed by atoms with Crippen molar-refractivity contribution in [3.05, 3.63) is 35.9 Å². The average Bonchev–Trinajstić information content (AvgIpc) is 3.57. The molecule has 34 heavy (non-hydrogen) atoms. The van der Waals surface area contributed by atoms with Crippen LogP contribution in [0.25, 0.3) is 0 Å². The Bertz CT molecular complexity index is 828. The van der Waals surface area contributed by atoms with E-state index in [1.54, 1.807) is 56.9 Å². The van der Waals surface area contributed by atoms with E-state index in [4.69, 9.17) is 0 Å². The zero-order valence-corrected chi connectivity index (χ0v) is 23.7. The molecular formula is C33H52Si. The molecule has 0 nitrogen and oxygen atoms in total. The van der Waals surface area contributed by atoms with Crippen molar-refractivity contribution in [2.75, 3.05) is 0 Å². The Hall–Kier alpha value is -0.563. The monoisotopic (exact) mass is 476 g/mol. The second-order valence-electron chi connectivity index (χ2n) is 14.6. The standard InChI is InChI=1S/C33H52Si/c1-22(24-11-6-5-7-12-24)19-30-27-16-10-13-25(27)21-31-28(30)17-18-32(31)34(3,4)33-20-23(2)26-14-8-9-15-29(26)33/h5-7,11-12,22-23,25-33H,8-10,13-21H2,1-4H3. The van der Waals surface area contributed by atoms with Gasteiger partial charge in [0.2, 0.25) is 0 Å². The van der Waals surface area contributed by atoms with Crippen molar-refractivity contribution in [3.63, 3.8) is 0 Å². The molecule has 6 rings (SSSR count). The van der Waals surface area contributed by atoms with Crippen LogP contribution in [0.5, 0.6) is 0 Å². The molecule has 0 amide bonds. The fourth-order valence-corrected chi connectivity index (χ4v) is 16.9. The lowest BCUT2D eigenvalue weighted by Gasteiger charge is -2.49. The SMILES string of the molecule is CC(CC1C2CCCC2CC2C1CCC2[Si](C)(C)C1CC(C)C2CCCCC21)c1ccccc1. The number of fused-ring (bicyclic) bond motifs is 3. The van der Waals surface area contributed by atoms with Crippen molar-refractivity contribution >= 4 is 8.07 Å². The van der Waals surface area contributed by atoms with Gasteiger partial charge in [0, 0.05) is 0 Å². The van der Waals surface area contributed by atoms with Gasteiger partial charge < -0.3 is 0 Å². The lowest BCUT2D eigenvalue weighted by molar-refractivity contribution is 0.0613. The van der Waals surface area contributed by atoms with Crippen molar-refractivity contribution in [2.24, 2.45) is 47.3 Å². The van der Waals surface area contributed by atoms with Crippen LogP contribution in [-0.4, -0.2) is 8.07 Å². The summed E-state index contributed by atoms with van der Waals surface area (Å²) in [6, 6.07) is 11.5. The van der Waals surface area contributed by atoms with E-state index < -0.39 is 8.07 Å². The van der Waals surface area contributed by atoms with Gasteiger partial charge in [0.25, 0.3) is 0 Å². The summed E-state index contributed by atoms with van der Waals surface area (Å²) in [7, 11) is -1.27. The smallest absolute Gasteiger partial charge is 0.0541 e. The highest BCUT2D eigenvalue weighted by atomic mass is 28.3. The van der Waals surface area contributed by atoms with Crippen LogP contribution in [0.2, 0.25) is 24.2 Å². The minimum absolute atomic E-state index is 0.731. The molecule has 11 atom stereocenters. The molecule has 0 spiro atoms. The van der Waals surface area contributed by atoms with E-state index in [1.165, 1.54) is 25.7 Å². The Kier molecular flexibility index (Phi) is 6.57. The third-order valence-electron chi connectivity index (χ3n) is 12.9. The van der Waals surface area contributed by atoms with Gasteiger partial charge in [0.1, 0.15) is 0 Å². The van der Waals surface area contributed by atoms with E-state index in [-0.39, 0.29) is 0 Å². The number of benzene rings is 1. The first-order valence-electron chi connectivity index (χ1n) is 15.5. The van der Waals surface area contributed by atoms with Gasteiger partial charge in [-0.1, -0.05) is 95.8 Å². The first-order valence-corrected chi connectivity index (χ1v) is 18.7. The predicted molar refractivity (Wildman–Crippen MR) is 149 cm³/mol. The maximum Gasteiger partial charge on any atom is 0.0541 e. The van der Waals surface area contributed by atoms with Crippen molar-refractivity contribution in [2.45, 2.75) is 121 Å². The molecule has 0 heterocycles. The lowest BCUT2D eigenvalue weighted by atomic mass is 9.61. The van der Waals surface area contributed by atoms with Crippen molar-refractivity contribution in [1.82, 2.24) is 0 Å². The molecular weight excluding hydrogens is 424 g/mol. The van der Waals surface area contributed by atoms with Crippen LogP contribution >= 0.6 is 0 Å². The summed E-state index contributed by atoms with van der Waals surface area (Å²) in [6.45, 7) is 11.0. The largest absolute Gasteiger partial charge is 0.0689 e. The van der Waals surface area contributed by atoms with Crippen LogP contribution in [0.1, 0.15) is 102 Å². The summed E-state index contributed by atoms with van der Waals surface area (Å²) in [6.07, 6.45) is 18.7. The minimum Gasteiger partial charge on any atom is -0.0689 e. The van der Waals surface area contributed by atoms with Crippen LogP contribution in [0, 0.1) is 47.3 Å². The molecule has 188 valence electrons. The zero-order valence-electron chi connectivity index (χ0n) is 22.7. The molecule has 1 heteroatoms. The number of hydrogen-bond acceptors (Lipinski definition) is 0. The van der Waals surface area contributed by atoms with Crippen molar-refractivity contribution < 1.29 is 0 Å². The van der Waals surface area contributed by atoms with Gasteiger partial charge >= 0.3 is 0 Å². The highest BCUT2D eigenvalue weighted by Crippen LogP contribution is 2.66. The Morgan fingerprint density at radius 1 is 0.735 bits per heavy atom. The summed E-state index contributed by atoms with van der Waals surface area (Å²) >= 11 is 0. The van der Waals surface area contributed by atoms with E-state index in [9.17, 15) is 0 Å². The molecule has 0 N–H and O–H groups in total. The fourth-order valence-electron chi connectivity index (χ4n) is 11.4. The molecule has 1 aromatic carbocycles. The van der Waals surface area contributed by atoms with E-state index in [2.05, 4.69) is 57.3 Å². The molecule has 0 bridgehead atoms. The maximum absolute atomic E-state index is 2.90. The van der Waals surface area contributed by atoms with E-state index >= 15 is 0 Å². The Morgan fingerprint density at radius 2 is 1.47 bits per heavy atom. The van der Waals surface area contributed by atoms with E-state index in [0.717, 1.165) is 64.3 Å². The third kappa shape index (κ3) is 3.99. The molecule has 1 aromatic rings. The predicted octanol–water partition coefficient (Wildman–Crippen LogP) is 9.94. The summed E-state index contributed by atoms with van der Waals surface area (Å²) in [4.78, 5) is 0. The Labute approximate surface area is 212 Å². The lowest BCUT2D eigenvalue weighted by Crippen LogP contribution is -2.46. The quantitative estimate of drug-likeness (QED) is 0.371. The molecule has 0 aliphatic heterocycles. The normalized spacial score (nSPS) is 44.9. The first-order chi connectivity index (χ1) is 16.4. The van der Waals surface area contributed by atoms with Gasteiger partial charge in [-0.15, -0.1) is 0 Å². The van der Waals surface area contributed by atoms with Crippen LogP contribution in [0.3, 0.4) is 0 Å². The van der Waals surface area contributed by atoms with Crippen LogP contribution in [0.15, 0.2) is 30.3 Å². The summed E-state index contributed by atoms with van der Waals surface area (Å²) < 4.78 is 0. The second-order valence-corrected chi connectivity index (χ2v) is 19.7. The highest BCUT2D eigenvalue weighted by Gasteiger charge is 2.58. The molecule has 5 saturated carbocycles. The van der Waals surface area contributed by atoms with Crippen LogP contribution in [0.4, 0.5) is 0 Å². The zero-order chi connectivity index (χ0) is 23.4. The van der Waals surface area contributed by atoms with Crippen molar-refractivity contribution in [3.8, 4) is 0 Å². The second kappa shape index (κ2) is 9.39. The molecule has 11 unspecified atom stereocenters. The first kappa shape index (κ1) is 23.8. The Morgan fingerprint density at radius 3 is 2.26 bits per heavy atom. The van der Waals surface area contributed by atoms with Crippen LogP contribution < -0.4 is 0 Å². The number of hydrogen-bond donors (Lipinski definition) is 0. The fraction of sp³-hybridized carbons (Fsp3) is 0.818. The number of rotatable bonds is 5. The van der Waals surface area contributed by atoms with Gasteiger partial charge in [0.15, 0.2) is 0 Å². The van der Waals surface area contributed by atoms with Gasteiger partial charge in [-0.2, -0.15) is 0 Å². The average molecular weight is 477 g/mol. The molecule has 0 radical (unpaired) electrons. The van der Waals surface area contributed by atoms with Crippen LogP contribution in [-0.2, 0) is 0 Å². The van der Waals surface area contributed by atoms with Gasteiger partial charge in [-0.3, -0.25) is 0 Å².